The molecule has 0 bridgehead atoms. The van der Waals surface area contributed by atoms with Crippen LogP contribution in [0.4, 0.5) is 0 Å². The average Bonchev–Trinajstić information content (AvgIpc) is 3.16. The topological polar surface area (TPSA) is 35.5 Å². The normalized spacial score (nSPS) is 42.0. The van der Waals surface area contributed by atoms with Gasteiger partial charge in [0.05, 0.1) is 19.8 Å². The van der Waals surface area contributed by atoms with Gasteiger partial charge in [0.25, 0.3) is 0 Å². The highest BCUT2D eigenvalue weighted by Crippen LogP contribution is 2.70. The first-order valence-electron chi connectivity index (χ1n) is 12.8. The molecule has 7 atom stereocenters. The van der Waals surface area contributed by atoms with Crippen LogP contribution in [0.3, 0.4) is 0 Å². The molecule has 0 heterocycles. The van der Waals surface area contributed by atoms with Crippen LogP contribution in [0.5, 0.6) is 5.75 Å². The maximum atomic E-state index is 12.5. The molecule has 3 nitrogen and oxygen atoms in total. The van der Waals surface area contributed by atoms with E-state index in [0.29, 0.717) is 27.8 Å². The second kappa shape index (κ2) is 8.65. The largest absolute Gasteiger partial charge is 0.497 e. The van der Waals surface area contributed by atoms with Gasteiger partial charge in [0, 0.05) is 9.34 Å². The van der Waals surface area contributed by atoms with Gasteiger partial charge < -0.3 is 9.47 Å². The second-order valence-corrected chi connectivity index (χ2v) is 13.7. The zero-order valence-electron chi connectivity index (χ0n) is 20.7. The molecule has 4 aliphatic carbocycles. The minimum Gasteiger partial charge on any atom is -0.497 e. The first kappa shape index (κ1) is 23.8. The van der Waals surface area contributed by atoms with Crippen LogP contribution >= 0.6 is 22.6 Å². The summed E-state index contributed by atoms with van der Waals surface area (Å²) in [6.45, 7) is 7.50. The maximum Gasteiger partial charge on any atom is 0.133 e. The van der Waals surface area contributed by atoms with E-state index in [-0.39, 0.29) is 16.7 Å². The van der Waals surface area contributed by atoms with Gasteiger partial charge in [-0.25, -0.2) is 0 Å². The Kier molecular flexibility index (Phi) is 6.25. The predicted octanol–water partition coefficient (Wildman–Crippen LogP) is 7.31. The fourth-order valence-electron chi connectivity index (χ4n) is 8.38. The predicted molar refractivity (Wildman–Crippen MR) is 141 cm³/mol. The van der Waals surface area contributed by atoms with Gasteiger partial charge in [-0.3, -0.25) is 4.79 Å². The van der Waals surface area contributed by atoms with Crippen molar-refractivity contribution in [2.24, 2.45) is 28.6 Å². The zero-order chi connectivity index (χ0) is 23.4. The van der Waals surface area contributed by atoms with Crippen molar-refractivity contribution < 1.29 is 14.3 Å². The van der Waals surface area contributed by atoms with E-state index < -0.39 is 0 Å². The Morgan fingerprint density at radius 1 is 1.06 bits per heavy atom. The molecule has 5 rings (SSSR count). The summed E-state index contributed by atoms with van der Waals surface area (Å²) in [4.78, 5) is 12.5. The van der Waals surface area contributed by atoms with Crippen LogP contribution in [0.2, 0.25) is 0 Å². The van der Waals surface area contributed by atoms with Crippen molar-refractivity contribution in [1.82, 2.24) is 0 Å². The number of carbonyl (C=O) groups is 1. The fourth-order valence-corrected chi connectivity index (χ4v) is 10.6. The lowest BCUT2D eigenvalue weighted by Crippen LogP contribution is -2.58. The van der Waals surface area contributed by atoms with E-state index in [4.69, 9.17) is 9.47 Å². The van der Waals surface area contributed by atoms with E-state index in [1.165, 1.54) is 37.7 Å². The number of allylic oxidation sites excluding steroid dienone is 1. The van der Waals surface area contributed by atoms with Crippen molar-refractivity contribution in [3.8, 4) is 5.75 Å². The summed E-state index contributed by atoms with van der Waals surface area (Å²) in [5, 5.41) is 0. The minimum atomic E-state index is 0.198. The molecule has 0 radical (unpaired) electrons. The van der Waals surface area contributed by atoms with Crippen LogP contribution in [0.1, 0.15) is 77.7 Å². The number of hydrogen-bond acceptors (Lipinski definition) is 3. The van der Waals surface area contributed by atoms with E-state index in [1.54, 1.807) is 12.7 Å². The molecule has 1 aromatic rings. The Morgan fingerprint density at radius 2 is 1.82 bits per heavy atom. The molecule has 0 aliphatic heterocycles. The summed E-state index contributed by atoms with van der Waals surface area (Å²) in [7, 11) is 1.70. The minimum absolute atomic E-state index is 0.198. The van der Waals surface area contributed by atoms with Crippen molar-refractivity contribution in [2.45, 2.75) is 88.3 Å². The lowest BCUT2D eigenvalue weighted by Gasteiger charge is -2.62. The Morgan fingerprint density at radius 3 is 2.52 bits per heavy atom. The van der Waals surface area contributed by atoms with E-state index in [9.17, 15) is 4.79 Å². The summed E-state index contributed by atoms with van der Waals surface area (Å²) in [6, 6.07) is 8.23. The van der Waals surface area contributed by atoms with E-state index >= 15 is 0 Å². The van der Waals surface area contributed by atoms with Crippen molar-refractivity contribution in [2.75, 3.05) is 7.11 Å². The van der Waals surface area contributed by atoms with Crippen LogP contribution in [0.15, 0.2) is 35.9 Å². The summed E-state index contributed by atoms with van der Waals surface area (Å²) < 4.78 is 12.0. The standard InChI is InChI=1S/C29H39IO3/c1-19(31)24-9-10-25-28(24,3)15-13-26-27(2)14-12-23(17-21(27)11-16-29(25,26)30)33-18-20-5-7-22(32-4)8-6-20/h5-8,11,23-26H,9-10,12-18H2,1-4H3/t23-,24+,25+,26+,27-,28+,29+/m0/s1. The number of halogens is 1. The number of ether oxygens (including phenoxy) is 2. The third-order valence-electron chi connectivity index (χ3n) is 10.2. The molecule has 0 saturated heterocycles. The van der Waals surface area contributed by atoms with Crippen molar-refractivity contribution in [3.63, 3.8) is 0 Å². The van der Waals surface area contributed by atoms with Gasteiger partial charge in [-0.05, 0) is 98.7 Å². The Labute approximate surface area is 213 Å². The van der Waals surface area contributed by atoms with Gasteiger partial charge >= 0.3 is 0 Å². The number of methoxy groups -OCH3 is 1. The van der Waals surface area contributed by atoms with Gasteiger partial charge in [0.2, 0.25) is 0 Å². The third kappa shape index (κ3) is 3.82. The highest BCUT2D eigenvalue weighted by molar-refractivity contribution is 14.1. The molecule has 0 aromatic heterocycles. The van der Waals surface area contributed by atoms with Gasteiger partial charge in [-0.15, -0.1) is 0 Å². The van der Waals surface area contributed by atoms with Gasteiger partial charge in [0.1, 0.15) is 11.5 Å². The molecule has 3 saturated carbocycles. The molecule has 0 amide bonds. The smallest absolute Gasteiger partial charge is 0.133 e. The molecule has 180 valence electrons. The Bertz CT molecular complexity index is 939. The van der Waals surface area contributed by atoms with Crippen molar-refractivity contribution in [3.05, 3.63) is 41.5 Å². The number of fused-ring (bicyclic) bond motifs is 5. The highest BCUT2D eigenvalue weighted by atomic mass is 127. The number of carbonyl (C=O) groups excluding carboxylic acids is 1. The first-order chi connectivity index (χ1) is 15.7. The zero-order valence-corrected chi connectivity index (χ0v) is 22.8. The van der Waals surface area contributed by atoms with Crippen LogP contribution in [0, 0.1) is 28.6 Å². The first-order valence-corrected chi connectivity index (χ1v) is 13.9. The van der Waals surface area contributed by atoms with Crippen LogP contribution in [-0.4, -0.2) is 22.4 Å². The molecule has 0 spiro atoms. The summed E-state index contributed by atoms with van der Waals surface area (Å²) in [5.74, 6) is 2.97. The lowest BCUT2D eigenvalue weighted by atomic mass is 9.47. The van der Waals surface area contributed by atoms with Gasteiger partial charge in [-0.1, -0.05) is 60.2 Å². The summed E-state index contributed by atoms with van der Waals surface area (Å²) in [6.07, 6.45) is 12.3. The molecule has 1 aromatic carbocycles. The monoisotopic (exact) mass is 562 g/mol. The van der Waals surface area contributed by atoms with Gasteiger partial charge in [0.15, 0.2) is 0 Å². The van der Waals surface area contributed by atoms with Crippen LogP contribution in [0.25, 0.3) is 0 Å². The molecule has 0 N–H and O–H groups in total. The molecule has 0 unspecified atom stereocenters. The molecular formula is C29H39IO3. The molecule has 33 heavy (non-hydrogen) atoms. The quantitative estimate of drug-likeness (QED) is 0.215. The maximum absolute atomic E-state index is 12.5. The molecule has 4 heteroatoms. The number of benzene rings is 1. The number of ketones is 1. The number of Topliss-reactive ketones (excluding diaryl/α,β-unsaturated/α-hetero) is 1. The number of rotatable bonds is 5. The Hall–Kier alpha value is -0.880. The SMILES string of the molecule is COc1ccc(CO[C@H]2CC[C@@]3(C)C(=CC[C@@]4(I)[C@@H]5CC[C@H](C(C)=O)[C@@]5(C)CC[C@@H]43)C2)cc1. The highest BCUT2D eigenvalue weighted by Gasteiger charge is 2.65. The number of hydrogen-bond donors (Lipinski definition) is 0. The fraction of sp³-hybridized carbons (Fsp3) is 0.690. The number of alkyl halides is 1. The second-order valence-electron chi connectivity index (χ2n) is 11.7. The van der Waals surface area contributed by atoms with Crippen LogP contribution < -0.4 is 4.74 Å². The van der Waals surface area contributed by atoms with Crippen LogP contribution in [-0.2, 0) is 16.1 Å². The lowest BCUT2D eigenvalue weighted by molar-refractivity contribution is -0.126. The molecule has 3 fully saturated rings. The van der Waals surface area contributed by atoms with E-state index in [2.05, 4.69) is 54.6 Å². The summed E-state index contributed by atoms with van der Waals surface area (Å²) >= 11 is 2.86. The van der Waals surface area contributed by atoms with Gasteiger partial charge in [-0.2, -0.15) is 0 Å². The van der Waals surface area contributed by atoms with E-state index in [1.807, 2.05) is 19.1 Å². The van der Waals surface area contributed by atoms with E-state index in [0.717, 1.165) is 30.9 Å². The van der Waals surface area contributed by atoms with Crippen molar-refractivity contribution in [1.29, 1.82) is 0 Å². The average molecular weight is 563 g/mol. The van der Waals surface area contributed by atoms with Crippen molar-refractivity contribution >= 4 is 28.4 Å². The Balaban J connectivity index is 1.31. The molecular weight excluding hydrogens is 523 g/mol. The molecule has 4 aliphatic rings. The third-order valence-corrected chi connectivity index (χ3v) is 12.1. The summed E-state index contributed by atoms with van der Waals surface area (Å²) in [5.41, 5.74) is 3.34.